The molecular formula is C9H18Cl. The van der Waals surface area contributed by atoms with E-state index in [0.29, 0.717) is 0 Å². The molecule has 0 fully saturated rings. The molecule has 0 aromatic rings. The van der Waals surface area contributed by atoms with Crippen LogP contribution < -0.4 is 0 Å². The first kappa shape index (κ1) is 10.3. The highest BCUT2D eigenvalue weighted by atomic mass is 35.5. The summed E-state index contributed by atoms with van der Waals surface area (Å²) in [7, 11) is 0. The molecule has 0 spiro atoms. The molecule has 0 rings (SSSR count). The summed E-state index contributed by atoms with van der Waals surface area (Å²) >= 11 is 5.54. The van der Waals surface area contributed by atoms with Crippen LogP contribution in [0.3, 0.4) is 0 Å². The van der Waals surface area contributed by atoms with Crippen LogP contribution in [0.4, 0.5) is 0 Å². The molecule has 0 saturated heterocycles. The predicted octanol–water partition coefficient (Wildman–Crippen LogP) is 3.79. The summed E-state index contributed by atoms with van der Waals surface area (Å²) < 4.78 is 0. The van der Waals surface area contributed by atoms with E-state index in [4.69, 9.17) is 11.6 Å². The molecule has 61 valence electrons. The lowest BCUT2D eigenvalue weighted by atomic mass is 10.1. The zero-order valence-electron chi connectivity index (χ0n) is 7.12. The molecule has 1 radical (unpaired) electrons. The van der Waals surface area contributed by atoms with Gasteiger partial charge in [0.25, 0.3) is 0 Å². The summed E-state index contributed by atoms with van der Waals surface area (Å²) in [6, 6.07) is 0. The van der Waals surface area contributed by atoms with Gasteiger partial charge in [-0.1, -0.05) is 33.1 Å². The van der Waals surface area contributed by atoms with Crippen LogP contribution in [-0.4, -0.2) is 5.88 Å². The molecule has 0 N–H and O–H groups in total. The van der Waals surface area contributed by atoms with E-state index in [2.05, 4.69) is 13.8 Å². The minimum atomic E-state index is 0.828. The summed E-state index contributed by atoms with van der Waals surface area (Å²) in [5, 5.41) is 0. The van der Waals surface area contributed by atoms with E-state index in [9.17, 15) is 0 Å². The maximum Gasteiger partial charge on any atom is 0.0223 e. The van der Waals surface area contributed by atoms with Gasteiger partial charge in [0.05, 0.1) is 0 Å². The van der Waals surface area contributed by atoms with Crippen molar-refractivity contribution in [2.75, 3.05) is 5.88 Å². The van der Waals surface area contributed by atoms with E-state index >= 15 is 0 Å². The molecule has 0 aromatic carbocycles. The molecule has 0 bridgehead atoms. The van der Waals surface area contributed by atoms with Crippen molar-refractivity contribution in [1.29, 1.82) is 0 Å². The zero-order chi connectivity index (χ0) is 7.82. The third kappa shape index (κ3) is 8.29. The largest absolute Gasteiger partial charge is 0.127 e. The highest BCUT2D eigenvalue weighted by molar-refractivity contribution is 6.17. The lowest BCUT2D eigenvalue weighted by Gasteiger charge is -2.01. The third-order valence-electron chi connectivity index (χ3n) is 1.56. The first-order valence-electron chi connectivity index (χ1n) is 4.12. The molecule has 0 atom stereocenters. The Balaban J connectivity index is 2.77. The van der Waals surface area contributed by atoms with Gasteiger partial charge in [-0.3, -0.25) is 0 Å². The Morgan fingerprint density at radius 2 is 1.60 bits per heavy atom. The van der Waals surface area contributed by atoms with Gasteiger partial charge in [-0.15, -0.1) is 11.6 Å². The Morgan fingerprint density at radius 3 is 2.10 bits per heavy atom. The molecule has 10 heavy (non-hydrogen) atoms. The summed E-state index contributed by atoms with van der Waals surface area (Å²) in [4.78, 5) is 0. The van der Waals surface area contributed by atoms with Crippen molar-refractivity contribution in [3.8, 4) is 0 Å². The van der Waals surface area contributed by atoms with Crippen molar-refractivity contribution >= 4 is 11.6 Å². The van der Waals surface area contributed by atoms with Crippen LogP contribution in [0, 0.1) is 5.92 Å². The average molecular weight is 162 g/mol. The van der Waals surface area contributed by atoms with Crippen LogP contribution in [-0.2, 0) is 0 Å². The number of hydrogen-bond acceptors (Lipinski definition) is 0. The monoisotopic (exact) mass is 161 g/mol. The summed E-state index contributed by atoms with van der Waals surface area (Å²) in [6.45, 7) is 4.39. The summed E-state index contributed by atoms with van der Waals surface area (Å²) in [6.07, 6.45) is 6.47. The van der Waals surface area contributed by atoms with Gasteiger partial charge in [0, 0.05) is 5.88 Å². The van der Waals surface area contributed by atoms with E-state index in [0.717, 1.165) is 5.88 Å². The Morgan fingerprint density at radius 1 is 1.00 bits per heavy atom. The molecule has 0 aliphatic carbocycles. The van der Waals surface area contributed by atoms with Crippen molar-refractivity contribution in [3.63, 3.8) is 0 Å². The molecule has 1 heteroatoms. The van der Waals surface area contributed by atoms with Crippen molar-refractivity contribution < 1.29 is 0 Å². The number of alkyl halides is 1. The van der Waals surface area contributed by atoms with E-state index in [1.165, 1.54) is 32.1 Å². The van der Waals surface area contributed by atoms with Gasteiger partial charge in [-0.25, -0.2) is 0 Å². The fourth-order valence-corrected chi connectivity index (χ4v) is 1.12. The van der Waals surface area contributed by atoms with Gasteiger partial charge in [-0.05, 0) is 18.8 Å². The highest BCUT2D eigenvalue weighted by Gasteiger charge is 1.93. The number of hydrogen-bond donors (Lipinski definition) is 0. The van der Waals surface area contributed by atoms with E-state index in [-0.39, 0.29) is 0 Å². The van der Waals surface area contributed by atoms with Crippen LogP contribution in [0.15, 0.2) is 0 Å². The second-order valence-corrected chi connectivity index (χ2v) is 3.44. The summed E-state index contributed by atoms with van der Waals surface area (Å²) in [5.74, 6) is 2.38. The Kier molecular flexibility index (Phi) is 7.61. The number of rotatable bonds is 6. The molecule has 0 unspecified atom stereocenters. The van der Waals surface area contributed by atoms with Gasteiger partial charge in [0.15, 0.2) is 0 Å². The molecule has 0 saturated carbocycles. The van der Waals surface area contributed by atoms with Crippen molar-refractivity contribution in [2.45, 2.75) is 46.0 Å². The minimum Gasteiger partial charge on any atom is -0.127 e. The van der Waals surface area contributed by atoms with E-state index in [1.807, 2.05) is 0 Å². The first-order valence-corrected chi connectivity index (χ1v) is 4.66. The van der Waals surface area contributed by atoms with Crippen molar-refractivity contribution in [2.24, 2.45) is 0 Å². The average Bonchev–Trinajstić information content (AvgIpc) is 1.87. The Hall–Kier alpha value is 0.290. The topological polar surface area (TPSA) is 0 Å². The normalized spacial score (nSPS) is 10.8. The van der Waals surface area contributed by atoms with Gasteiger partial charge in [0.2, 0.25) is 0 Å². The Labute approximate surface area is 70.0 Å². The minimum absolute atomic E-state index is 0.828. The van der Waals surface area contributed by atoms with Crippen molar-refractivity contribution in [1.82, 2.24) is 0 Å². The van der Waals surface area contributed by atoms with Gasteiger partial charge in [0.1, 0.15) is 0 Å². The predicted molar refractivity (Wildman–Crippen MR) is 48.4 cm³/mol. The van der Waals surface area contributed by atoms with Crippen LogP contribution in [0.25, 0.3) is 0 Å². The molecule has 0 aromatic heterocycles. The highest BCUT2D eigenvalue weighted by Crippen LogP contribution is 2.10. The molecule has 0 amide bonds. The molecular weight excluding hydrogens is 144 g/mol. The van der Waals surface area contributed by atoms with Gasteiger partial charge < -0.3 is 0 Å². The van der Waals surface area contributed by atoms with Crippen LogP contribution >= 0.6 is 11.6 Å². The van der Waals surface area contributed by atoms with E-state index < -0.39 is 0 Å². The maximum atomic E-state index is 5.54. The first-order chi connectivity index (χ1) is 4.77. The van der Waals surface area contributed by atoms with Crippen LogP contribution in [0.5, 0.6) is 0 Å². The van der Waals surface area contributed by atoms with Gasteiger partial charge in [-0.2, -0.15) is 0 Å². The lowest BCUT2D eigenvalue weighted by molar-refractivity contribution is 0.642. The second-order valence-electron chi connectivity index (χ2n) is 3.06. The zero-order valence-corrected chi connectivity index (χ0v) is 7.88. The smallest absolute Gasteiger partial charge is 0.0223 e. The molecule has 0 heterocycles. The maximum absolute atomic E-state index is 5.54. The lowest BCUT2D eigenvalue weighted by Crippen LogP contribution is -1.85. The number of unbranched alkanes of at least 4 members (excludes halogenated alkanes) is 3. The molecule has 0 aliphatic heterocycles. The quantitative estimate of drug-likeness (QED) is 0.411. The van der Waals surface area contributed by atoms with E-state index in [1.54, 1.807) is 5.92 Å². The fraction of sp³-hybridized carbons (Fsp3) is 0.889. The standard InChI is InChI=1S/C9H18Cl/c1-9(2)7-5-3-4-6-8-10/h3-8H2,1-2H3. The molecule has 0 nitrogen and oxygen atoms in total. The SMILES string of the molecule is C[C](C)CCCCCCCl. The number of halogens is 1. The third-order valence-corrected chi connectivity index (χ3v) is 1.83. The van der Waals surface area contributed by atoms with Gasteiger partial charge >= 0.3 is 0 Å². The fourth-order valence-electron chi connectivity index (χ4n) is 0.927. The molecule has 0 aliphatic rings. The van der Waals surface area contributed by atoms with Crippen LogP contribution in [0.2, 0.25) is 0 Å². The van der Waals surface area contributed by atoms with Crippen LogP contribution in [0.1, 0.15) is 46.0 Å². The second kappa shape index (κ2) is 7.40. The van der Waals surface area contributed by atoms with Crippen molar-refractivity contribution in [3.05, 3.63) is 5.92 Å². The Bertz CT molecular complexity index is 59.7. The summed E-state index contributed by atoms with van der Waals surface area (Å²) in [5.41, 5.74) is 0.